The van der Waals surface area contributed by atoms with Gasteiger partial charge in [-0.1, -0.05) is 37.3 Å². The fraction of sp³-hybridized carbons (Fsp3) is 0.438. The zero-order valence-electron chi connectivity index (χ0n) is 11.5. The molecule has 2 rings (SSSR count). The van der Waals surface area contributed by atoms with Gasteiger partial charge in [-0.3, -0.25) is 4.79 Å². The van der Waals surface area contributed by atoms with Crippen molar-refractivity contribution in [3.8, 4) is 0 Å². The van der Waals surface area contributed by atoms with E-state index in [1.807, 2.05) is 19.9 Å². The van der Waals surface area contributed by atoms with E-state index in [0.717, 1.165) is 17.8 Å². The van der Waals surface area contributed by atoms with Crippen molar-refractivity contribution in [1.82, 2.24) is 0 Å². The molecule has 0 aliphatic heterocycles. The summed E-state index contributed by atoms with van der Waals surface area (Å²) in [7, 11) is 0. The summed E-state index contributed by atoms with van der Waals surface area (Å²) in [6.07, 6.45) is 1.05. The van der Waals surface area contributed by atoms with E-state index in [1.54, 1.807) is 0 Å². The summed E-state index contributed by atoms with van der Waals surface area (Å²) in [6, 6.07) is 10.4. The molecular weight excluding hydrogens is 224 g/mol. The lowest BCUT2D eigenvalue weighted by Crippen LogP contribution is -2.10. The molecule has 1 saturated carbocycles. The van der Waals surface area contributed by atoms with Gasteiger partial charge in [-0.05, 0) is 31.4 Å². The number of carbonyl (C=O) groups is 1. The first-order valence-corrected chi connectivity index (χ1v) is 6.36. The number of rotatable bonds is 3. The zero-order chi connectivity index (χ0) is 13.3. The van der Waals surface area contributed by atoms with E-state index in [0.29, 0.717) is 5.92 Å². The van der Waals surface area contributed by atoms with E-state index in [1.165, 1.54) is 12.5 Å². The molecule has 0 saturated heterocycles. The molecule has 18 heavy (non-hydrogen) atoms. The number of ether oxygens (including phenoxy) is 1. The molecule has 1 aliphatic carbocycles. The zero-order valence-corrected chi connectivity index (χ0v) is 11.5. The van der Waals surface area contributed by atoms with Crippen molar-refractivity contribution in [1.29, 1.82) is 0 Å². The second-order valence-electron chi connectivity index (χ2n) is 5.50. The molecule has 2 atom stereocenters. The summed E-state index contributed by atoms with van der Waals surface area (Å²) >= 11 is 0. The molecule has 0 radical (unpaired) electrons. The van der Waals surface area contributed by atoms with Crippen molar-refractivity contribution in [2.45, 2.75) is 39.5 Å². The standard InChI is InChI=1S/C16H20O2/c1-11(2)15(18-12(3)17)14-10-16(14,4)13-8-6-5-7-9-13/h5-9,14H,10H2,1-4H3/t14-,16+/m1/s1. The van der Waals surface area contributed by atoms with Gasteiger partial charge in [0, 0.05) is 18.3 Å². The highest BCUT2D eigenvalue weighted by Crippen LogP contribution is 2.58. The summed E-state index contributed by atoms with van der Waals surface area (Å²) in [5, 5.41) is 0. The molecule has 1 fully saturated rings. The molecule has 0 N–H and O–H groups in total. The van der Waals surface area contributed by atoms with Crippen molar-refractivity contribution in [3.63, 3.8) is 0 Å². The van der Waals surface area contributed by atoms with Gasteiger partial charge in [0.25, 0.3) is 0 Å². The van der Waals surface area contributed by atoms with Crippen LogP contribution < -0.4 is 0 Å². The topological polar surface area (TPSA) is 26.3 Å². The first-order chi connectivity index (χ1) is 8.45. The summed E-state index contributed by atoms with van der Waals surface area (Å²) in [5.74, 6) is 0.955. The minimum Gasteiger partial charge on any atom is -0.431 e. The van der Waals surface area contributed by atoms with Gasteiger partial charge in [-0.2, -0.15) is 0 Å². The Kier molecular flexibility index (Phi) is 3.29. The van der Waals surface area contributed by atoms with Gasteiger partial charge in [-0.15, -0.1) is 0 Å². The Morgan fingerprint density at radius 1 is 1.22 bits per heavy atom. The van der Waals surface area contributed by atoms with Gasteiger partial charge >= 0.3 is 5.97 Å². The third kappa shape index (κ3) is 2.33. The lowest BCUT2D eigenvalue weighted by Gasteiger charge is -2.15. The largest absolute Gasteiger partial charge is 0.431 e. The van der Waals surface area contributed by atoms with Gasteiger partial charge < -0.3 is 4.74 Å². The van der Waals surface area contributed by atoms with Gasteiger partial charge in [0.1, 0.15) is 5.76 Å². The van der Waals surface area contributed by atoms with Crippen LogP contribution in [0.5, 0.6) is 0 Å². The quantitative estimate of drug-likeness (QED) is 0.597. The van der Waals surface area contributed by atoms with Crippen LogP contribution in [-0.4, -0.2) is 5.97 Å². The number of esters is 1. The Hall–Kier alpha value is -1.57. The van der Waals surface area contributed by atoms with Crippen molar-refractivity contribution in [3.05, 3.63) is 47.2 Å². The fourth-order valence-corrected chi connectivity index (χ4v) is 2.56. The number of carbonyl (C=O) groups excluding carboxylic acids is 1. The third-order valence-corrected chi connectivity index (χ3v) is 3.73. The first-order valence-electron chi connectivity index (χ1n) is 6.36. The number of hydrogen-bond acceptors (Lipinski definition) is 2. The second kappa shape index (κ2) is 4.60. The van der Waals surface area contributed by atoms with Crippen LogP contribution >= 0.6 is 0 Å². The number of allylic oxidation sites excluding steroid dienone is 2. The van der Waals surface area contributed by atoms with Crippen molar-refractivity contribution < 1.29 is 9.53 Å². The van der Waals surface area contributed by atoms with Crippen LogP contribution in [0.3, 0.4) is 0 Å². The predicted octanol–water partition coefficient (Wildman–Crippen LogP) is 3.82. The molecule has 2 heteroatoms. The molecule has 0 unspecified atom stereocenters. The Bertz CT molecular complexity index is 483. The summed E-state index contributed by atoms with van der Waals surface area (Å²) in [6.45, 7) is 7.70. The van der Waals surface area contributed by atoms with E-state index in [-0.39, 0.29) is 11.4 Å². The highest BCUT2D eigenvalue weighted by Gasteiger charge is 2.54. The van der Waals surface area contributed by atoms with E-state index in [9.17, 15) is 4.79 Å². The van der Waals surface area contributed by atoms with Crippen LogP contribution in [0.2, 0.25) is 0 Å². The van der Waals surface area contributed by atoms with Crippen LogP contribution in [0.15, 0.2) is 41.7 Å². The predicted molar refractivity (Wildman–Crippen MR) is 72.0 cm³/mol. The van der Waals surface area contributed by atoms with Gasteiger partial charge in [0.05, 0.1) is 0 Å². The van der Waals surface area contributed by atoms with Crippen LogP contribution in [0.25, 0.3) is 0 Å². The van der Waals surface area contributed by atoms with Gasteiger partial charge in [0.2, 0.25) is 0 Å². The molecular formula is C16H20O2. The Labute approximate surface area is 109 Å². The van der Waals surface area contributed by atoms with Gasteiger partial charge in [0.15, 0.2) is 0 Å². The summed E-state index contributed by atoms with van der Waals surface area (Å²) in [5.41, 5.74) is 2.53. The van der Waals surface area contributed by atoms with Crippen LogP contribution in [0, 0.1) is 5.92 Å². The van der Waals surface area contributed by atoms with E-state index in [2.05, 4.69) is 31.2 Å². The van der Waals surface area contributed by atoms with Gasteiger partial charge in [-0.25, -0.2) is 0 Å². The molecule has 0 spiro atoms. The van der Waals surface area contributed by atoms with Crippen LogP contribution in [-0.2, 0) is 14.9 Å². The normalized spacial score (nSPS) is 25.4. The molecule has 2 nitrogen and oxygen atoms in total. The third-order valence-electron chi connectivity index (χ3n) is 3.73. The van der Waals surface area contributed by atoms with Crippen molar-refractivity contribution in [2.24, 2.45) is 5.92 Å². The molecule has 96 valence electrons. The molecule has 0 heterocycles. The maximum atomic E-state index is 11.2. The highest BCUT2D eigenvalue weighted by atomic mass is 16.5. The molecule has 0 amide bonds. The summed E-state index contributed by atoms with van der Waals surface area (Å²) < 4.78 is 5.39. The van der Waals surface area contributed by atoms with Crippen molar-refractivity contribution >= 4 is 5.97 Å². The minimum atomic E-state index is -0.228. The molecule has 1 aromatic carbocycles. The highest BCUT2D eigenvalue weighted by molar-refractivity contribution is 5.67. The smallest absolute Gasteiger partial charge is 0.307 e. The van der Waals surface area contributed by atoms with E-state index < -0.39 is 0 Å². The van der Waals surface area contributed by atoms with Crippen molar-refractivity contribution in [2.75, 3.05) is 0 Å². The number of hydrogen-bond donors (Lipinski definition) is 0. The number of benzene rings is 1. The Morgan fingerprint density at radius 2 is 1.83 bits per heavy atom. The Morgan fingerprint density at radius 3 is 2.33 bits per heavy atom. The first kappa shape index (κ1) is 12.9. The fourth-order valence-electron chi connectivity index (χ4n) is 2.56. The SMILES string of the molecule is CC(=O)OC(=C(C)C)[C@H]1C[C@@]1(C)c1ccccc1. The lowest BCUT2D eigenvalue weighted by atomic mass is 9.94. The average molecular weight is 244 g/mol. The maximum Gasteiger partial charge on any atom is 0.307 e. The minimum absolute atomic E-state index is 0.114. The Balaban J connectivity index is 2.23. The second-order valence-corrected chi connectivity index (χ2v) is 5.50. The van der Waals surface area contributed by atoms with E-state index >= 15 is 0 Å². The molecule has 0 bridgehead atoms. The maximum absolute atomic E-state index is 11.2. The lowest BCUT2D eigenvalue weighted by molar-refractivity contribution is -0.137. The molecule has 1 aliphatic rings. The summed E-state index contributed by atoms with van der Waals surface area (Å²) in [4.78, 5) is 11.2. The van der Waals surface area contributed by atoms with Crippen LogP contribution in [0.4, 0.5) is 0 Å². The molecule has 0 aromatic heterocycles. The molecule has 1 aromatic rings. The van der Waals surface area contributed by atoms with E-state index in [4.69, 9.17) is 4.74 Å². The average Bonchev–Trinajstić information content (AvgIpc) is 3.00. The van der Waals surface area contributed by atoms with Crippen LogP contribution in [0.1, 0.15) is 39.7 Å². The monoisotopic (exact) mass is 244 g/mol.